The van der Waals surface area contributed by atoms with Gasteiger partial charge in [-0.05, 0) is 73.1 Å². The van der Waals surface area contributed by atoms with E-state index in [4.69, 9.17) is 11.6 Å². The summed E-state index contributed by atoms with van der Waals surface area (Å²) in [4.78, 5) is 0. The number of alkyl halides is 1. The lowest BCUT2D eigenvalue weighted by Gasteiger charge is -2.20. The molecule has 0 aromatic heterocycles. The number of halogens is 1. The molecule has 0 saturated heterocycles. The zero-order valence-corrected chi connectivity index (χ0v) is 11.4. The van der Waals surface area contributed by atoms with E-state index >= 15 is 0 Å². The average molecular weight is 249 g/mol. The van der Waals surface area contributed by atoms with Crippen molar-refractivity contribution in [1.82, 2.24) is 0 Å². The molecule has 0 aliphatic heterocycles. The molecule has 2 unspecified atom stereocenters. The maximum Gasteiger partial charge on any atom is 0.0590 e. The number of hydrogen-bond acceptors (Lipinski definition) is 0. The zero-order valence-electron chi connectivity index (χ0n) is 10.6. The first kappa shape index (κ1) is 11.6. The molecule has 3 rings (SSSR count). The van der Waals surface area contributed by atoms with Crippen LogP contribution in [0.4, 0.5) is 0 Å². The molecule has 0 heterocycles. The van der Waals surface area contributed by atoms with Crippen LogP contribution < -0.4 is 0 Å². The maximum atomic E-state index is 6.59. The fourth-order valence-electron chi connectivity index (χ4n) is 3.36. The Balaban J connectivity index is 2.03. The quantitative estimate of drug-likeness (QED) is 0.456. The van der Waals surface area contributed by atoms with Crippen LogP contribution in [0.3, 0.4) is 0 Å². The van der Waals surface area contributed by atoms with E-state index in [-0.39, 0.29) is 5.38 Å². The van der Waals surface area contributed by atoms with Crippen molar-refractivity contribution in [3.8, 4) is 0 Å². The molecule has 2 aliphatic carbocycles. The number of fused-ring (bicyclic) bond motifs is 2. The largest absolute Gasteiger partial charge is 0.118 e. The summed E-state index contributed by atoms with van der Waals surface area (Å²) in [7, 11) is 0. The van der Waals surface area contributed by atoms with Crippen molar-refractivity contribution in [2.24, 2.45) is 5.92 Å². The van der Waals surface area contributed by atoms with Gasteiger partial charge in [0.25, 0.3) is 0 Å². The van der Waals surface area contributed by atoms with E-state index in [2.05, 4.69) is 19.1 Å². The molecule has 0 nitrogen and oxygen atoms in total. The van der Waals surface area contributed by atoms with Crippen LogP contribution in [0, 0.1) is 5.92 Å². The molecular formula is C16H21Cl. The first-order valence-electron chi connectivity index (χ1n) is 7.02. The molecule has 92 valence electrons. The van der Waals surface area contributed by atoms with Gasteiger partial charge in [-0.15, -0.1) is 11.6 Å². The van der Waals surface area contributed by atoms with E-state index in [1.807, 2.05) is 0 Å². The van der Waals surface area contributed by atoms with E-state index in [0.29, 0.717) is 0 Å². The van der Waals surface area contributed by atoms with Gasteiger partial charge in [-0.1, -0.05) is 19.1 Å². The van der Waals surface area contributed by atoms with Crippen LogP contribution in [0.1, 0.15) is 60.2 Å². The number of benzene rings is 1. The van der Waals surface area contributed by atoms with Crippen LogP contribution in [-0.2, 0) is 19.3 Å². The van der Waals surface area contributed by atoms with Crippen molar-refractivity contribution >= 4 is 11.6 Å². The van der Waals surface area contributed by atoms with E-state index in [9.17, 15) is 0 Å². The highest BCUT2D eigenvalue weighted by molar-refractivity contribution is 6.21. The molecule has 17 heavy (non-hydrogen) atoms. The van der Waals surface area contributed by atoms with Gasteiger partial charge in [0.15, 0.2) is 0 Å². The standard InChI is InChI=1S/C16H21Cl/c1-11-6-7-14-9-12-4-2-3-5-13(12)10-15(14)16(17)8-11/h9-11,16H,2-8H2,1H3. The first-order chi connectivity index (χ1) is 8.24. The van der Waals surface area contributed by atoms with Gasteiger partial charge in [0.05, 0.1) is 5.38 Å². The molecule has 1 aromatic rings. The van der Waals surface area contributed by atoms with Crippen LogP contribution >= 0.6 is 11.6 Å². The maximum absolute atomic E-state index is 6.59. The monoisotopic (exact) mass is 248 g/mol. The molecule has 1 heteroatoms. The molecule has 0 bridgehead atoms. The number of rotatable bonds is 0. The van der Waals surface area contributed by atoms with Gasteiger partial charge >= 0.3 is 0 Å². The molecular weight excluding hydrogens is 228 g/mol. The summed E-state index contributed by atoms with van der Waals surface area (Å²) < 4.78 is 0. The SMILES string of the molecule is CC1CCc2cc3c(cc2C(Cl)C1)CCCC3. The van der Waals surface area contributed by atoms with Crippen LogP contribution in [0.2, 0.25) is 0 Å². The molecule has 0 fully saturated rings. The second-order valence-corrected chi connectivity index (χ2v) is 6.40. The normalized spacial score (nSPS) is 28.1. The van der Waals surface area contributed by atoms with Crippen LogP contribution in [0.15, 0.2) is 12.1 Å². The van der Waals surface area contributed by atoms with Gasteiger partial charge in [0.2, 0.25) is 0 Å². The van der Waals surface area contributed by atoms with Gasteiger partial charge < -0.3 is 0 Å². The molecule has 0 amide bonds. The lowest BCUT2D eigenvalue weighted by Crippen LogP contribution is -2.06. The van der Waals surface area contributed by atoms with Gasteiger partial charge in [0.1, 0.15) is 0 Å². The van der Waals surface area contributed by atoms with Gasteiger partial charge in [-0.2, -0.15) is 0 Å². The lowest BCUT2D eigenvalue weighted by atomic mass is 9.87. The summed E-state index contributed by atoms with van der Waals surface area (Å²) in [5.74, 6) is 0.766. The minimum atomic E-state index is 0.245. The van der Waals surface area contributed by atoms with E-state index in [0.717, 1.165) is 12.3 Å². The second kappa shape index (κ2) is 4.65. The van der Waals surface area contributed by atoms with Crippen molar-refractivity contribution in [1.29, 1.82) is 0 Å². The van der Waals surface area contributed by atoms with Crippen LogP contribution in [0.25, 0.3) is 0 Å². The Bertz CT molecular complexity index is 422. The predicted octanol–water partition coefficient (Wildman–Crippen LogP) is 4.82. The molecule has 1 aromatic carbocycles. The zero-order chi connectivity index (χ0) is 11.8. The first-order valence-corrected chi connectivity index (χ1v) is 7.46. The van der Waals surface area contributed by atoms with E-state index < -0.39 is 0 Å². The highest BCUT2D eigenvalue weighted by Gasteiger charge is 2.23. The van der Waals surface area contributed by atoms with Crippen LogP contribution in [-0.4, -0.2) is 0 Å². The van der Waals surface area contributed by atoms with E-state index in [1.54, 1.807) is 11.1 Å². The topological polar surface area (TPSA) is 0 Å². The Labute approximate surface area is 109 Å². The van der Waals surface area contributed by atoms with Crippen LogP contribution in [0.5, 0.6) is 0 Å². The smallest absolute Gasteiger partial charge is 0.0590 e. The van der Waals surface area contributed by atoms with Crippen molar-refractivity contribution in [3.63, 3.8) is 0 Å². The third-order valence-electron chi connectivity index (χ3n) is 4.46. The third-order valence-corrected chi connectivity index (χ3v) is 4.87. The predicted molar refractivity (Wildman–Crippen MR) is 73.8 cm³/mol. The highest BCUT2D eigenvalue weighted by Crippen LogP contribution is 2.38. The van der Waals surface area contributed by atoms with E-state index in [1.165, 1.54) is 49.7 Å². The molecule has 0 N–H and O–H groups in total. The fourth-order valence-corrected chi connectivity index (χ4v) is 3.87. The number of aryl methyl sites for hydroxylation is 3. The molecule has 2 atom stereocenters. The molecule has 0 spiro atoms. The average Bonchev–Trinajstić information content (AvgIpc) is 2.47. The Morgan fingerprint density at radius 3 is 2.47 bits per heavy atom. The lowest BCUT2D eigenvalue weighted by molar-refractivity contribution is 0.503. The molecule has 0 saturated carbocycles. The summed E-state index contributed by atoms with van der Waals surface area (Å²) in [6.45, 7) is 2.33. The Morgan fingerprint density at radius 1 is 1.00 bits per heavy atom. The summed E-state index contributed by atoms with van der Waals surface area (Å²) in [6, 6.07) is 4.90. The second-order valence-electron chi connectivity index (χ2n) is 5.87. The fraction of sp³-hybridized carbons (Fsp3) is 0.625. The van der Waals surface area contributed by atoms with Gasteiger partial charge in [-0.25, -0.2) is 0 Å². The Morgan fingerprint density at radius 2 is 1.71 bits per heavy atom. The highest BCUT2D eigenvalue weighted by atomic mass is 35.5. The summed E-state index contributed by atoms with van der Waals surface area (Å²) >= 11 is 6.59. The van der Waals surface area contributed by atoms with Gasteiger partial charge in [0, 0.05) is 0 Å². The molecule has 2 aliphatic rings. The summed E-state index contributed by atoms with van der Waals surface area (Å²) in [5.41, 5.74) is 6.16. The summed E-state index contributed by atoms with van der Waals surface area (Å²) in [6.07, 6.45) is 8.95. The summed E-state index contributed by atoms with van der Waals surface area (Å²) in [5, 5.41) is 0.245. The van der Waals surface area contributed by atoms with Crippen molar-refractivity contribution in [2.75, 3.05) is 0 Å². The Kier molecular flexibility index (Phi) is 3.17. The molecule has 0 radical (unpaired) electrons. The van der Waals surface area contributed by atoms with Crippen molar-refractivity contribution in [3.05, 3.63) is 34.4 Å². The number of hydrogen-bond donors (Lipinski definition) is 0. The Hall–Kier alpha value is -0.490. The van der Waals surface area contributed by atoms with Crippen molar-refractivity contribution in [2.45, 2.75) is 57.2 Å². The minimum absolute atomic E-state index is 0.245. The van der Waals surface area contributed by atoms with Crippen molar-refractivity contribution < 1.29 is 0 Å². The third kappa shape index (κ3) is 2.25. The minimum Gasteiger partial charge on any atom is -0.118 e. The van der Waals surface area contributed by atoms with Gasteiger partial charge in [-0.3, -0.25) is 0 Å².